The summed E-state index contributed by atoms with van der Waals surface area (Å²) in [7, 11) is 0. The van der Waals surface area contributed by atoms with Crippen LogP contribution in [-0.2, 0) is 14.3 Å². The van der Waals surface area contributed by atoms with Crippen LogP contribution in [0.1, 0.15) is 11.9 Å². The number of aromatic nitrogens is 3. The number of ether oxygens (including phenoxy) is 2. The maximum Gasteiger partial charge on any atom is 0.374 e. The highest BCUT2D eigenvalue weighted by atomic mass is 16.7. The van der Waals surface area contributed by atoms with Crippen LogP contribution in [0.4, 0.5) is 0 Å². The van der Waals surface area contributed by atoms with E-state index in [1.54, 1.807) is 30.6 Å². The maximum absolute atomic E-state index is 10.7. The average Bonchev–Trinajstić information content (AvgIpc) is 3.10. The molecule has 1 aromatic heterocycles. The molecule has 0 spiro atoms. The van der Waals surface area contributed by atoms with Gasteiger partial charge >= 0.3 is 5.97 Å². The van der Waals surface area contributed by atoms with Crippen molar-refractivity contribution in [2.45, 2.75) is 6.29 Å². The van der Waals surface area contributed by atoms with Crippen molar-refractivity contribution in [3.63, 3.8) is 0 Å². The summed E-state index contributed by atoms with van der Waals surface area (Å²) >= 11 is 0. The van der Waals surface area contributed by atoms with Gasteiger partial charge in [-0.2, -0.15) is 15.0 Å². The van der Waals surface area contributed by atoms with Crippen molar-refractivity contribution in [1.29, 1.82) is 0 Å². The van der Waals surface area contributed by atoms with Gasteiger partial charge in [0, 0.05) is 5.56 Å². The molecule has 1 aromatic carbocycles. The van der Waals surface area contributed by atoms with Crippen LogP contribution in [-0.4, -0.2) is 26.1 Å². The minimum atomic E-state index is -1.16. The van der Waals surface area contributed by atoms with Crippen LogP contribution in [0.25, 0.3) is 5.69 Å². The molecule has 0 fully saturated rings. The lowest BCUT2D eigenvalue weighted by molar-refractivity contribution is -0.139. The molecule has 1 unspecified atom stereocenters. The smallest absolute Gasteiger partial charge is 0.374 e. The number of carbonyl (C=O) groups is 1. The van der Waals surface area contributed by atoms with E-state index in [1.807, 2.05) is 6.07 Å². The van der Waals surface area contributed by atoms with Gasteiger partial charge in [0.15, 0.2) is 0 Å². The van der Waals surface area contributed by atoms with Crippen molar-refractivity contribution < 1.29 is 19.4 Å². The molecule has 0 radical (unpaired) electrons. The first kappa shape index (κ1) is 11.3. The minimum absolute atomic E-state index is 0.215. The summed E-state index contributed by atoms with van der Waals surface area (Å²) in [6.45, 7) is 0. The molecule has 19 heavy (non-hydrogen) atoms. The van der Waals surface area contributed by atoms with Crippen LogP contribution in [0.3, 0.4) is 0 Å². The summed E-state index contributed by atoms with van der Waals surface area (Å²) in [4.78, 5) is 12.2. The summed E-state index contributed by atoms with van der Waals surface area (Å²) < 4.78 is 10.3. The van der Waals surface area contributed by atoms with E-state index in [2.05, 4.69) is 10.2 Å². The number of rotatable bonds is 3. The topological polar surface area (TPSA) is 86.5 Å². The Morgan fingerprint density at radius 3 is 2.79 bits per heavy atom. The number of aliphatic carboxylic acids is 1. The maximum atomic E-state index is 10.7. The van der Waals surface area contributed by atoms with Crippen molar-refractivity contribution in [1.82, 2.24) is 15.0 Å². The number of carboxylic acid groups (broad SMARTS) is 1. The lowest BCUT2D eigenvalue weighted by Gasteiger charge is -2.12. The lowest BCUT2D eigenvalue weighted by atomic mass is 10.2. The fourth-order valence-electron chi connectivity index (χ4n) is 1.69. The van der Waals surface area contributed by atoms with E-state index in [-0.39, 0.29) is 5.76 Å². The fourth-order valence-corrected chi connectivity index (χ4v) is 1.69. The van der Waals surface area contributed by atoms with Crippen LogP contribution >= 0.6 is 0 Å². The zero-order chi connectivity index (χ0) is 13.2. The fraction of sp³-hybridized carbons (Fsp3) is 0.0833. The zero-order valence-corrected chi connectivity index (χ0v) is 9.63. The third-order valence-electron chi connectivity index (χ3n) is 2.54. The largest absolute Gasteiger partial charge is 0.475 e. The molecule has 1 atom stereocenters. The van der Waals surface area contributed by atoms with E-state index < -0.39 is 12.3 Å². The molecule has 3 rings (SSSR count). The summed E-state index contributed by atoms with van der Waals surface area (Å²) in [5, 5.41) is 16.8. The molecule has 1 aliphatic heterocycles. The Morgan fingerprint density at radius 1 is 1.32 bits per heavy atom. The van der Waals surface area contributed by atoms with E-state index in [4.69, 9.17) is 14.6 Å². The van der Waals surface area contributed by atoms with Gasteiger partial charge in [-0.1, -0.05) is 12.1 Å². The van der Waals surface area contributed by atoms with Gasteiger partial charge in [0.25, 0.3) is 6.29 Å². The Kier molecular flexibility index (Phi) is 2.64. The van der Waals surface area contributed by atoms with Crippen molar-refractivity contribution in [2.24, 2.45) is 0 Å². The van der Waals surface area contributed by atoms with Gasteiger partial charge in [0.2, 0.25) is 5.76 Å². The standard InChI is InChI=1S/C12H9N3O4/c16-11(17)10-7-18-12(19-10)8-2-1-3-9(6-8)15-13-4-5-14-15/h1-7,12H,(H,16,17). The SMILES string of the molecule is O=C(O)C1=COC(c2cccc(-n3nccn3)c2)O1. The van der Waals surface area contributed by atoms with Gasteiger partial charge in [-0.3, -0.25) is 0 Å². The minimum Gasteiger partial charge on any atom is -0.475 e. The first-order chi connectivity index (χ1) is 9.24. The normalized spacial score (nSPS) is 17.5. The molecule has 1 aliphatic rings. The number of hydrogen-bond acceptors (Lipinski definition) is 5. The summed E-state index contributed by atoms with van der Waals surface area (Å²) in [5.74, 6) is -1.37. The zero-order valence-electron chi connectivity index (χ0n) is 9.63. The first-order valence-corrected chi connectivity index (χ1v) is 5.46. The van der Waals surface area contributed by atoms with Crippen molar-refractivity contribution in [3.8, 4) is 5.69 Å². The molecule has 0 bridgehead atoms. The van der Waals surface area contributed by atoms with E-state index in [0.717, 1.165) is 11.9 Å². The van der Waals surface area contributed by atoms with Crippen molar-refractivity contribution in [3.05, 3.63) is 54.2 Å². The molecule has 2 heterocycles. The second kappa shape index (κ2) is 4.45. The predicted octanol–water partition coefficient (Wildman–Crippen LogP) is 1.24. The molecule has 0 aliphatic carbocycles. The van der Waals surface area contributed by atoms with Crippen molar-refractivity contribution >= 4 is 5.97 Å². The van der Waals surface area contributed by atoms with Gasteiger partial charge in [0.05, 0.1) is 18.1 Å². The highest BCUT2D eigenvalue weighted by Crippen LogP contribution is 2.29. The third kappa shape index (κ3) is 2.13. The molecule has 7 heteroatoms. The Hall–Kier alpha value is -2.83. The van der Waals surface area contributed by atoms with Crippen LogP contribution in [0, 0.1) is 0 Å². The van der Waals surface area contributed by atoms with Crippen molar-refractivity contribution in [2.75, 3.05) is 0 Å². The average molecular weight is 259 g/mol. The van der Waals surface area contributed by atoms with Crippen LogP contribution in [0.5, 0.6) is 0 Å². The highest BCUT2D eigenvalue weighted by molar-refractivity contribution is 5.84. The summed E-state index contributed by atoms with van der Waals surface area (Å²) in [6, 6.07) is 7.16. The molecule has 0 saturated heterocycles. The van der Waals surface area contributed by atoms with Gasteiger partial charge in [0.1, 0.15) is 6.26 Å². The Balaban J connectivity index is 1.84. The van der Waals surface area contributed by atoms with Crippen LogP contribution < -0.4 is 0 Å². The molecule has 2 aromatic rings. The number of carboxylic acids is 1. The molecule has 1 N–H and O–H groups in total. The molecule has 0 amide bonds. The van der Waals surface area contributed by atoms with Crippen LogP contribution in [0.15, 0.2) is 48.7 Å². The third-order valence-corrected chi connectivity index (χ3v) is 2.54. The van der Waals surface area contributed by atoms with E-state index in [1.165, 1.54) is 4.80 Å². The lowest BCUT2D eigenvalue weighted by Crippen LogP contribution is -2.06. The number of benzene rings is 1. The van der Waals surface area contributed by atoms with E-state index in [0.29, 0.717) is 5.56 Å². The van der Waals surface area contributed by atoms with Gasteiger partial charge in [-0.25, -0.2) is 4.79 Å². The Labute approximate surface area is 107 Å². The van der Waals surface area contributed by atoms with Gasteiger partial charge < -0.3 is 14.6 Å². The molecular weight excluding hydrogens is 250 g/mol. The number of hydrogen-bond donors (Lipinski definition) is 1. The highest BCUT2D eigenvalue weighted by Gasteiger charge is 2.26. The first-order valence-electron chi connectivity index (χ1n) is 5.46. The molecule has 0 saturated carbocycles. The van der Waals surface area contributed by atoms with E-state index >= 15 is 0 Å². The second-order valence-electron chi connectivity index (χ2n) is 3.79. The van der Waals surface area contributed by atoms with Gasteiger partial charge in [-0.05, 0) is 12.1 Å². The van der Waals surface area contributed by atoms with E-state index in [9.17, 15) is 4.79 Å². The Bertz CT molecular complexity index is 636. The predicted molar refractivity (Wildman–Crippen MR) is 62.0 cm³/mol. The molecular formula is C12H9N3O4. The Morgan fingerprint density at radius 2 is 2.11 bits per heavy atom. The number of nitrogens with zero attached hydrogens (tertiary/aromatic N) is 3. The molecule has 7 nitrogen and oxygen atoms in total. The van der Waals surface area contributed by atoms with Gasteiger partial charge in [-0.15, -0.1) is 0 Å². The summed E-state index contributed by atoms with van der Waals surface area (Å²) in [6.07, 6.45) is 3.46. The monoisotopic (exact) mass is 259 g/mol. The second-order valence-corrected chi connectivity index (χ2v) is 3.79. The quantitative estimate of drug-likeness (QED) is 0.892. The van der Waals surface area contributed by atoms with Crippen LogP contribution in [0.2, 0.25) is 0 Å². The molecule has 96 valence electrons. The summed E-state index contributed by atoms with van der Waals surface area (Å²) in [5.41, 5.74) is 1.42.